The molecular weight excluding hydrogens is 548 g/mol. The smallest absolute Gasteiger partial charge is 0.217 e. The average Bonchev–Trinajstić information content (AvgIpc) is 2.90. The molecule has 0 radical (unpaired) electrons. The fraction of sp³-hybridized carbons (Fsp3) is 0.909. The van der Waals surface area contributed by atoms with E-state index in [1.54, 1.807) is 0 Å². The second-order valence-corrected chi connectivity index (χ2v) is 9.81. The summed E-state index contributed by atoms with van der Waals surface area (Å²) in [5, 5.41) is 96.5. The number of nitrogens with one attached hydrogen (secondary N) is 2. The van der Waals surface area contributed by atoms with Crippen molar-refractivity contribution in [1.82, 2.24) is 10.6 Å². The van der Waals surface area contributed by atoms with Gasteiger partial charge in [-0.1, -0.05) is 0 Å². The fourth-order valence-corrected chi connectivity index (χ4v) is 4.86. The third-order valence-corrected chi connectivity index (χ3v) is 6.90. The van der Waals surface area contributed by atoms with Crippen molar-refractivity contribution in [2.75, 3.05) is 19.8 Å². The number of ether oxygens (including phenoxy) is 5. The van der Waals surface area contributed by atoms with Gasteiger partial charge in [0.1, 0.15) is 73.1 Å². The first-order valence-corrected chi connectivity index (χ1v) is 12.6. The predicted octanol–water partition coefficient (Wildman–Crippen LogP) is -7.29. The number of carbonyl (C=O) groups is 2. The molecule has 3 fully saturated rings. The van der Waals surface area contributed by atoms with Crippen LogP contribution in [0.5, 0.6) is 0 Å². The molecule has 0 aromatic rings. The van der Waals surface area contributed by atoms with Crippen LogP contribution in [-0.2, 0) is 33.3 Å². The quantitative estimate of drug-likeness (QED) is 0.120. The van der Waals surface area contributed by atoms with E-state index in [0.29, 0.717) is 0 Å². The third kappa shape index (κ3) is 7.05. The molecule has 15 atom stereocenters. The molecule has 0 aromatic heterocycles. The largest absolute Gasteiger partial charge is 0.394 e. The van der Waals surface area contributed by atoms with Crippen LogP contribution in [0, 0.1) is 0 Å². The highest BCUT2D eigenvalue weighted by atomic mass is 16.7. The maximum atomic E-state index is 12.1. The molecule has 0 bridgehead atoms. The molecule has 3 aliphatic rings. The van der Waals surface area contributed by atoms with Gasteiger partial charge in [-0.3, -0.25) is 9.59 Å². The zero-order valence-corrected chi connectivity index (χ0v) is 21.7. The first-order chi connectivity index (χ1) is 18.8. The summed E-state index contributed by atoms with van der Waals surface area (Å²) in [4.78, 5) is 23.7. The summed E-state index contributed by atoms with van der Waals surface area (Å²) in [5.74, 6) is -1.32. The van der Waals surface area contributed by atoms with Crippen molar-refractivity contribution in [3.8, 4) is 0 Å². The first-order valence-electron chi connectivity index (χ1n) is 12.6. The molecule has 2 amide bonds. The van der Waals surface area contributed by atoms with Gasteiger partial charge in [-0.2, -0.15) is 0 Å². The Morgan fingerprint density at radius 1 is 0.600 bits per heavy atom. The summed E-state index contributed by atoms with van der Waals surface area (Å²) >= 11 is 0. The van der Waals surface area contributed by atoms with Crippen LogP contribution >= 0.6 is 0 Å². The molecule has 18 nitrogen and oxygen atoms in total. The standard InChI is InChI=1S/C22H38N2O16/c1-6(28)23-11-15(32)18(10(5-27)36-20(11)35)39-21-12(24-7(2)29)19(14(31)9(4-26)37-21)40-22-17(34)16(33)13(30)8(3-25)38-22/h8-22,25-27,30-35H,3-5H2,1-2H3,(H,23,28)(H,24,29)/t8-,9-,10-,11-,12-,13-,14-,15-,16+,17+,18-,19-,20-,21-,22-/m1/s1. The first kappa shape index (κ1) is 32.9. The molecule has 3 saturated heterocycles. The summed E-state index contributed by atoms with van der Waals surface area (Å²) < 4.78 is 27.8. The van der Waals surface area contributed by atoms with Crippen LogP contribution in [0.3, 0.4) is 0 Å². The van der Waals surface area contributed by atoms with Crippen LogP contribution in [0.2, 0.25) is 0 Å². The Hall–Kier alpha value is -1.62. The van der Waals surface area contributed by atoms with E-state index >= 15 is 0 Å². The molecule has 3 heterocycles. The molecule has 3 rings (SSSR count). The molecular formula is C22H38N2O16. The van der Waals surface area contributed by atoms with Gasteiger partial charge in [-0.05, 0) is 0 Å². The van der Waals surface area contributed by atoms with Gasteiger partial charge in [-0.15, -0.1) is 0 Å². The highest BCUT2D eigenvalue weighted by molar-refractivity contribution is 5.73. The zero-order valence-electron chi connectivity index (χ0n) is 21.7. The average molecular weight is 587 g/mol. The Balaban J connectivity index is 1.92. The highest BCUT2D eigenvalue weighted by Crippen LogP contribution is 2.32. The number of amides is 2. The number of rotatable bonds is 9. The molecule has 40 heavy (non-hydrogen) atoms. The minimum atomic E-state index is -1.88. The van der Waals surface area contributed by atoms with Crippen LogP contribution in [-0.4, -0.2) is 170 Å². The molecule has 0 saturated carbocycles. The Labute approximate surface area is 228 Å². The van der Waals surface area contributed by atoms with Crippen molar-refractivity contribution >= 4 is 11.8 Å². The van der Waals surface area contributed by atoms with Crippen LogP contribution in [0.15, 0.2) is 0 Å². The number of hydrogen-bond donors (Lipinski definition) is 11. The van der Waals surface area contributed by atoms with Crippen LogP contribution in [0.1, 0.15) is 13.8 Å². The lowest BCUT2D eigenvalue weighted by atomic mass is 9.94. The fourth-order valence-electron chi connectivity index (χ4n) is 4.86. The van der Waals surface area contributed by atoms with E-state index in [4.69, 9.17) is 23.7 Å². The van der Waals surface area contributed by atoms with Crippen LogP contribution in [0.4, 0.5) is 0 Å². The van der Waals surface area contributed by atoms with Crippen LogP contribution < -0.4 is 10.6 Å². The van der Waals surface area contributed by atoms with Crippen molar-refractivity contribution in [3.63, 3.8) is 0 Å². The van der Waals surface area contributed by atoms with Gasteiger partial charge in [-0.25, -0.2) is 0 Å². The van der Waals surface area contributed by atoms with E-state index in [1.165, 1.54) is 0 Å². The predicted molar refractivity (Wildman–Crippen MR) is 124 cm³/mol. The Morgan fingerprint density at radius 2 is 1.10 bits per heavy atom. The van der Waals surface area contributed by atoms with Gasteiger partial charge in [0.25, 0.3) is 0 Å². The number of hydrogen-bond acceptors (Lipinski definition) is 16. The van der Waals surface area contributed by atoms with Crippen molar-refractivity contribution < 1.29 is 79.2 Å². The van der Waals surface area contributed by atoms with Gasteiger partial charge >= 0.3 is 0 Å². The van der Waals surface area contributed by atoms with Gasteiger partial charge in [0.2, 0.25) is 11.8 Å². The minimum Gasteiger partial charge on any atom is -0.394 e. The summed E-state index contributed by atoms with van der Waals surface area (Å²) in [6.45, 7) is -0.142. The summed E-state index contributed by atoms with van der Waals surface area (Å²) in [6.07, 6.45) is -21.3. The monoisotopic (exact) mass is 586 g/mol. The van der Waals surface area contributed by atoms with Gasteiger partial charge in [0.05, 0.1) is 19.8 Å². The second kappa shape index (κ2) is 14.0. The van der Waals surface area contributed by atoms with Gasteiger partial charge < -0.3 is 80.3 Å². The van der Waals surface area contributed by atoms with E-state index < -0.39 is 124 Å². The van der Waals surface area contributed by atoms with E-state index in [2.05, 4.69) is 10.6 Å². The SMILES string of the molecule is CC(=O)N[C@@H]1[C@@H](O)[C@H](O[C@H]2O[C@H](CO)[C@@H](O)[C@H](O[C@H]3O[C@H](CO)[C@@H](O)[C@H](O)[C@@H]3O)[C@H]2NC(C)=O)[C@@H](CO)O[C@H]1O. The zero-order chi connectivity index (χ0) is 29.9. The Morgan fingerprint density at radius 3 is 1.65 bits per heavy atom. The number of aliphatic hydroxyl groups excluding tert-OH is 9. The highest BCUT2D eigenvalue weighted by Gasteiger charge is 2.54. The molecule has 0 spiro atoms. The second-order valence-electron chi connectivity index (χ2n) is 9.81. The Kier molecular flexibility index (Phi) is 11.5. The van der Waals surface area contributed by atoms with E-state index in [0.717, 1.165) is 13.8 Å². The normalized spacial score (nSPS) is 46.0. The summed E-state index contributed by atoms with van der Waals surface area (Å²) in [5.41, 5.74) is 0. The maximum absolute atomic E-state index is 12.1. The molecule has 11 N–H and O–H groups in total. The maximum Gasteiger partial charge on any atom is 0.217 e. The van der Waals surface area contributed by atoms with Gasteiger partial charge in [0.15, 0.2) is 18.9 Å². The van der Waals surface area contributed by atoms with Gasteiger partial charge in [0, 0.05) is 13.8 Å². The molecule has 3 aliphatic heterocycles. The van der Waals surface area contributed by atoms with Crippen molar-refractivity contribution in [1.29, 1.82) is 0 Å². The van der Waals surface area contributed by atoms with E-state index in [9.17, 15) is 55.5 Å². The number of aliphatic hydroxyl groups is 9. The minimum absolute atomic E-state index is 0.630. The van der Waals surface area contributed by atoms with Crippen molar-refractivity contribution in [2.45, 2.75) is 106 Å². The summed E-state index contributed by atoms with van der Waals surface area (Å²) in [7, 11) is 0. The van der Waals surface area contributed by atoms with Crippen LogP contribution in [0.25, 0.3) is 0 Å². The Bertz CT molecular complexity index is 852. The van der Waals surface area contributed by atoms with Crippen molar-refractivity contribution in [3.05, 3.63) is 0 Å². The topological polar surface area (TPSA) is 286 Å². The van der Waals surface area contributed by atoms with Crippen molar-refractivity contribution in [2.24, 2.45) is 0 Å². The lowest BCUT2D eigenvalue weighted by Gasteiger charge is -2.49. The third-order valence-electron chi connectivity index (χ3n) is 6.90. The number of carbonyl (C=O) groups excluding carboxylic acids is 2. The molecule has 232 valence electrons. The van der Waals surface area contributed by atoms with E-state index in [-0.39, 0.29) is 0 Å². The lowest BCUT2D eigenvalue weighted by molar-refractivity contribution is -0.358. The molecule has 0 aliphatic carbocycles. The molecule has 18 heteroatoms. The summed E-state index contributed by atoms with van der Waals surface area (Å²) in [6, 6.07) is -2.88. The van der Waals surface area contributed by atoms with E-state index in [1.807, 2.05) is 0 Å². The molecule has 0 aromatic carbocycles. The lowest BCUT2D eigenvalue weighted by Crippen LogP contribution is -2.70. The molecule has 0 unspecified atom stereocenters.